The second-order valence-electron chi connectivity index (χ2n) is 6.48. The summed E-state index contributed by atoms with van der Waals surface area (Å²) in [6, 6.07) is 9.68. The van der Waals surface area contributed by atoms with Gasteiger partial charge in [-0.2, -0.15) is 5.26 Å². The van der Waals surface area contributed by atoms with Crippen LogP contribution in [0.1, 0.15) is 36.2 Å². The quantitative estimate of drug-likeness (QED) is 0.813. The summed E-state index contributed by atoms with van der Waals surface area (Å²) in [5, 5.41) is 8.90. The number of hydrogen-bond acceptors (Lipinski definition) is 5. The molecule has 122 valence electrons. The van der Waals surface area contributed by atoms with E-state index in [4.69, 9.17) is 14.7 Å². The van der Waals surface area contributed by atoms with Crippen molar-refractivity contribution < 1.29 is 9.47 Å². The monoisotopic (exact) mass is 321 g/mol. The van der Waals surface area contributed by atoms with Crippen molar-refractivity contribution in [3.8, 4) is 11.8 Å². The van der Waals surface area contributed by atoms with Crippen molar-refractivity contribution in [1.82, 2.24) is 4.98 Å². The van der Waals surface area contributed by atoms with Crippen LogP contribution < -0.4 is 9.55 Å². The summed E-state index contributed by atoms with van der Waals surface area (Å²) in [5.41, 5.74) is 4.72. The Labute approximate surface area is 143 Å². The van der Waals surface area contributed by atoms with Crippen molar-refractivity contribution >= 4 is 13.7 Å². The fourth-order valence-corrected chi connectivity index (χ4v) is 2.76. The topological polar surface area (TPSA) is 58.4 Å². The summed E-state index contributed by atoms with van der Waals surface area (Å²) in [4.78, 5) is 6.60. The summed E-state index contributed by atoms with van der Waals surface area (Å²) in [6.45, 7) is 6.97. The Morgan fingerprint density at radius 3 is 2.71 bits per heavy atom. The van der Waals surface area contributed by atoms with E-state index in [2.05, 4.69) is 15.9 Å². The molecule has 0 aliphatic carbocycles. The van der Waals surface area contributed by atoms with Gasteiger partial charge in [0.05, 0.1) is 23.9 Å². The molecular formula is C18H20BN3O2. The molecule has 6 heteroatoms. The first-order valence-corrected chi connectivity index (χ1v) is 7.91. The number of nitriles is 1. The van der Waals surface area contributed by atoms with Crippen molar-refractivity contribution in [2.24, 2.45) is 0 Å². The second kappa shape index (κ2) is 6.18. The van der Waals surface area contributed by atoms with Crippen molar-refractivity contribution in [2.75, 3.05) is 4.81 Å². The molecule has 0 radical (unpaired) electrons. The minimum absolute atomic E-state index is 0.516. The maximum atomic E-state index is 8.90. The molecule has 0 amide bonds. The maximum absolute atomic E-state index is 8.90. The minimum atomic E-state index is -0.628. The Bertz CT molecular complexity index is 797. The molecule has 0 spiro atoms. The average molecular weight is 321 g/mol. The number of aryl methyl sites for hydroxylation is 1. The molecule has 0 bridgehead atoms. The smallest absolute Gasteiger partial charge is 0.217 e. The zero-order valence-electron chi connectivity index (χ0n) is 14.5. The molecule has 2 heterocycles. The molecule has 0 unspecified atom stereocenters. The van der Waals surface area contributed by atoms with E-state index in [0.29, 0.717) is 18.7 Å². The van der Waals surface area contributed by atoms with E-state index in [1.165, 1.54) is 0 Å². The molecule has 2 aromatic rings. The van der Waals surface area contributed by atoms with Crippen LogP contribution >= 0.6 is 0 Å². The highest BCUT2D eigenvalue weighted by Gasteiger charge is 2.30. The molecule has 5 nitrogen and oxygen atoms in total. The van der Waals surface area contributed by atoms with Gasteiger partial charge in [-0.3, -0.25) is 4.98 Å². The Balaban J connectivity index is 1.86. The standard InChI is InChI=1S/C18H20BN3O2/c1-12-17-16(11-23-18(2,3)24-17)14(9-21-12)10-22(19)15-6-4-13(8-20)5-7-15/h4-7,9H,10-11,19H2,1-3H3. The largest absolute Gasteiger partial charge is 0.461 e. The van der Waals surface area contributed by atoms with Gasteiger partial charge in [0.25, 0.3) is 0 Å². The van der Waals surface area contributed by atoms with E-state index in [1.54, 1.807) is 0 Å². The van der Waals surface area contributed by atoms with Crippen LogP contribution in [0.4, 0.5) is 5.69 Å². The van der Waals surface area contributed by atoms with Gasteiger partial charge in [0.1, 0.15) is 5.75 Å². The van der Waals surface area contributed by atoms with Gasteiger partial charge in [-0.15, -0.1) is 0 Å². The Morgan fingerprint density at radius 1 is 1.33 bits per heavy atom. The van der Waals surface area contributed by atoms with Crippen molar-refractivity contribution in [2.45, 2.75) is 39.7 Å². The Kier molecular flexibility index (Phi) is 4.21. The Morgan fingerprint density at radius 2 is 2.04 bits per heavy atom. The molecular weight excluding hydrogens is 301 g/mol. The zero-order chi connectivity index (χ0) is 17.3. The van der Waals surface area contributed by atoms with E-state index in [-0.39, 0.29) is 0 Å². The highest BCUT2D eigenvalue weighted by atomic mass is 16.7. The number of hydrogen-bond donors (Lipinski definition) is 0. The Hall–Kier alpha value is -2.52. The lowest BCUT2D eigenvalue weighted by atomic mass is 10.0. The molecule has 1 aromatic heterocycles. The summed E-state index contributed by atoms with van der Waals surface area (Å²) in [5.74, 6) is 0.203. The van der Waals surface area contributed by atoms with Crippen LogP contribution in [-0.4, -0.2) is 18.8 Å². The predicted octanol–water partition coefficient (Wildman–Crippen LogP) is 2.46. The third-order valence-corrected chi connectivity index (χ3v) is 4.16. The van der Waals surface area contributed by atoms with Crippen molar-refractivity contribution in [1.29, 1.82) is 5.26 Å². The lowest BCUT2D eigenvalue weighted by Crippen LogP contribution is -2.36. The van der Waals surface area contributed by atoms with Crippen LogP contribution in [0.15, 0.2) is 30.5 Å². The first-order valence-electron chi connectivity index (χ1n) is 7.91. The third-order valence-electron chi connectivity index (χ3n) is 4.16. The third kappa shape index (κ3) is 3.22. The van der Waals surface area contributed by atoms with Crippen LogP contribution in [0, 0.1) is 18.3 Å². The lowest BCUT2D eigenvalue weighted by Gasteiger charge is -2.34. The molecule has 0 saturated heterocycles. The molecule has 0 saturated carbocycles. The molecule has 1 aromatic carbocycles. The second-order valence-corrected chi connectivity index (χ2v) is 6.48. The van der Waals surface area contributed by atoms with Gasteiger partial charge in [-0.25, -0.2) is 0 Å². The zero-order valence-corrected chi connectivity index (χ0v) is 14.5. The van der Waals surface area contributed by atoms with Crippen LogP contribution in [0.3, 0.4) is 0 Å². The minimum Gasteiger partial charge on any atom is -0.461 e. The fourth-order valence-electron chi connectivity index (χ4n) is 2.76. The number of nitrogens with zero attached hydrogens (tertiary/aromatic N) is 3. The summed E-state index contributed by atoms with van der Waals surface area (Å²) in [7, 11) is 2.02. The first kappa shape index (κ1) is 16.3. The molecule has 1 aliphatic rings. The number of benzene rings is 1. The van der Waals surface area contributed by atoms with Crippen LogP contribution in [-0.2, 0) is 17.9 Å². The molecule has 0 N–H and O–H groups in total. The van der Waals surface area contributed by atoms with Crippen molar-refractivity contribution in [3.05, 3.63) is 52.8 Å². The molecule has 3 rings (SSSR count). The number of aromatic nitrogens is 1. The van der Waals surface area contributed by atoms with Crippen LogP contribution in [0.2, 0.25) is 0 Å². The van der Waals surface area contributed by atoms with E-state index in [1.807, 2.05) is 59.2 Å². The molecule has 1 aliphatic heterocycles. The highest BCUT2D eigenvalue weighted by Crippen LogP contribution is 2.35. The predicted molar refractivity (Wildman–Crippen MR) is 94.4 cm³/mol. The van der Waals surface area contributed by atoms with Gasteiger partial charge in [0.2, 0.25) is 13.8 Å². The number of anilines is 1. The van der Waals surface area contributed by atoms with E-state index in [0.717, 1.165) is 28.3 Å². The van der Waals surface area contributed by atoms with Crippen molar-refractivity contribution in [3.63, 3.8) is 0 Å². The van der Waals surface area contributed by atoms with Crippen LogP contribution in [0.5, 0.6) is 5.75 Å². The van der Waals surface area contributed by atoms with E-state index < -0.39 is 5.79 Å². The van der Waals surface area contributed by atoms with Crippen LogP contribution in [0.25, 0.3) is 0 Å². The average Bonchev–Trinajstić information content (AvgIpc) is 2.57. The number of pyridine rings is 1. The highest BCUT2D eigenvalue weighted by molar-refractivity contribution is 6.17. The molecule has 24 heavy (non-hydrogen) atoms. The lowest BCUT2D eigenvalue weighted by molar-refractivity contribution is -0.180. The number of ether oxygens (including phenoxy) is 2. The summed E-state index contributed by atoms with van der Waals surface area (Å²) >= 11 is 0. The number of fused-ring (bicyclic) bond motifs is 1. The summed E-state index contributed by atoms with van der Waals surface area (Å²) < 4.78 is 11.8. The molecule has 0 atom stereocenters. The summed E-state index contributed by atoms with van der Waals surface area (Å²) in [6.07, 6.45) is 1.89. The first-order chi connectivity index (χ1) is 11.4. The SMILES string of the molecule is BN(Cc1cnc(C)c2c1COC(C)(C)O2)c1ccc(C#N)cc1. The fraction of sp³-hybridized carbons (Fsp3) is 0.333. The van der Waals surface area contributed by atoms with Gasteiger partial charge >= 0.3 is 0 Å². The van der Waals surface area contributed by atoms with Gasteiger partial charge in [0, 0.05) is 37.8 Å². The normalized spacial score (nSPS) is 15.1. The van der Waals surface area contributed by atoms with Gasteiger partial charge in [-0.05, 0) is 36.8 Å². The molecule has 0 fully saturated rings. The van der Waals surface area contributed by atoms with Gasteiger partial charge in [-0.1, -0.05) is 0 Å². The van der Waals surface area contributed by atoms with Gasteiger partial charge in [0.15, 0.2) is 0 Å². The van der Waals surface area contributed by atoms with E-state index in [9.17, 15) is 0 Å². The number of rotatable bonds is 3. The maximum Gasteiger partial charge on any atom is 0.217 e. The van der Waals surface area contributed by atoms with Gasteiger partial charge < -0.3 is 14.3 Å². The van der Waals surface area contributed by atoms with E-state index >= 15 is 0 Å².